The SMILES string of the molecule is C1CCC1.CC.CC.CC.CC.CC.CC.CC. The summed E-state index contributed by atoms with van der Waals surface area (Å²) in [6, 6.07) is 0. The highest BCUT2D eigenvalue weighted by molar-refractivity contribution is 4.50. The van der Waals surface area contributed by atoms with Crippen LogP contribution in [0, 0.1) is 0 Å². The molecule has 0 spiro atoms. The van der Waals surface area contributed by atoms with Gasteiger partial charge in [-0.3, -0.25) is 0 Å². The average molecular weight is 267 g/mol. The van der Waals surface area contributed by atoms with E-state index in [0.717, 1.165) is 0 Å². The van der Waals surface area contributed by atoms with Gasteiger partial charge in [0.25, 0.3) is 0 Å². The molecule has 0 nitrogen and oxygen atoms in total. The van der Waals surface area contributed by atoms with Gasteiger partial charge in [-0.2, -0.15) is 0 Å². The summed E-state index contributed by atoms with van der Waals surface area (Å²) in [5.41, 5.74) is 0. The van der Waals surface area contributed by atoms with Crippen molar-refractivity contribution in [1.29, 1.82) is 0 Å². The van der Waals surface area contributed by atoms with Gasteiger partial charge in [0, 0.05) is 0 Å². The molecule has 1 saturated carbocycles. The fraction of sp³-hybridized carbons (Fsp3) is 1.00. The van der Waals surface area contributed by atoms with Crippen LogP contribution in [0.15, 0.2) is 0 Å². The first-order chi connectivity index (χ1) is 9.00. The quantitative estimate of drug-likeness (QED) is 0.411. The predicted molar refractivity (Wildman–Crippen MR) is 97.9 cm³/mol. The molecule has 0 atom stereocenters. The Balaban J connectivity index is -0.0000000159. The van der Waals surface area contributed by atoms with Crippen molar-refractivity contribution in [2.75, 3.05) is 0 Å². The van der Waals surface area contributed by atoms with Gasteiger partial charge in [-0.15, -0.1) is 0 Å². The lowest BCUT2D eigenvalue weighted by Gasteiger charge is -2.05. The first-order valence-corrected chi connectivity index (χ1v) is 9.00. The summed E-state index contributed by atoms with van der Waals surface area (Å²) in [6.45, 7) is 28.0. The van der Waals surface area contributed by atoms with Gasteiger partial charge in [-0.1, -0.05) is 123 Å². The molecule has 0 N–H and O–H groups in total. The van der Waals surface area contributed by atoms with Gasteiger partial charge in [0.15, 0.2) is 0 Å². The number of hydrogen-bond donors (Lipinski definition) is 0. The van der Waals surface area contributed by atoms with E-state index in [-0.39, 0.29) is 0 Å². The van der Waals surface area contributed by atoms with Gasteiger partial charge >= 0.3 is 0 Å². The van der Waals surface area contributed by atoms with Crippen LogP contribution in [0.2, 0.25) is 0 Å². The Morgan fingerprint density at radius 3 is 0.278 bits per heavy atom. The predicted octanol–water partition coefficient (Wildman–Crippen LogP) is 8.74. The first kappa shape index (κ1) is 43.0. The number of hydrogen-bond acceptors (Lipinski definition) is 0. The third-order valence-corrected chi connectivity index (χ3v) is 1.000. The van der Waals surface area contributed by atoms with Crippen LogP contribution in [0.3, 0.4) is 0 Å². The fourth-order valence-corrected chi connectivity index (χ4v) is 0.250. The van der Waals surface area contributed by atoms with E-state index >= 15 is 0 Å². The van der Waals surface area contributed by atoms with Crippen LogP contribution in [0.4, 0.5) is 0 Å². The Morgan fingerprint density at radius 2 is 0.278 bits per heavy atom. The Hall–Kier alpha value is 0. The van der Waals surface area contributed by atoms with Crippen LogP contribution in [0.5, 0.6) is 0 Å². The largest absolute Gasteiger partial charge is 0.0683 e. The zero-order chi connectivity index (χ0) is 16.8. The molecule has 1 rings (SSSR count). The number of rotatable bonds is 0. The second kappa shape index (κ2) is 272. The van der Waals surface area contributed by atoms with Crippen molar-refractivity contribution < 1.29 is 0 Å². The normalized spacial score (nSPS) is 7.67. The molecule has 0 heterocycles. The Bertz CT molecular complexity index is 8.00. The Morgan fingerprint density at radius 1 is 0.222 bits per heavy atom. The minimum Gasteiger partial charge on any atom is -0.0683 e. The molecule has 1 aliphatic rings. The lowest BCUT2D eigenvalue weighted by molar-refractivity contribution is 0.504. The third kappa shape index (κ3) is 225. The van der Waals surface area contributed by atoms with E-state index in [2.05, 4.69) is 0 Å². The molecule has 18 heavy (non-hydrogen) atoms. The second-order valence-electron chi connectivity index (χ2n) is 1.41. The first-order valence-electron chi connectivity index (χ1n) is 9.00. The van der Waals surface area contributed by atoms with E-state index in [1.807, 2.05) is 96.9 Å². The van der Waals surface area contributed by atoms with E-state index in [0.29, 0.717) is 0 Å². The van der Waals surface area contributed by atoms with Gasteiger partial charge in [0.05, 0.1) is 0 Å². The average Bonchev–Trinajstić information content (AvgIpc) is 2.51. The highest BCUT2D eigenvalue weighted by atomic mass is 14.0. The van der Waals surface area contributed by atoms with E-state index in [4.69, 9.17) is 0 Å². The summed E-state index contributed by atoms with van der Waals surface area (Å²) in [5.74, 6) is 0. The van der Waals surface area contributed by atoms with Crippen LogP contribution in [0.1, 0.15) is 123 Å². The van der Waals surface area contributed by atoms with Crippen molar-refractivity contribution >= 4 is 0 Å². The summed E-state index contributed by atoms with van der Waals surface area (Å²) in [5, 5.41) is 0. The second-order valence-corrected chi connectivity index (χ2v) is 1.41. The molecule has 0 heteroatoms. The van der Waals surface area contributed by atoms with Crippen molar-refractivity contribution in [3.8, 4) is 0 Å². The lowest BCUT2D eigenvalue weighted by Crippen LogP contribution is -1.85. The van der Waals surface area contributed by atoms with Gasteiger partial charge in [-0.05, 0) is 0 Å². The molecule has 0 bridgehead atoms. The minimum absolute atomic E-state index is 1.50. The maximum absolute atomic E-state index is 2.00. The molecule has 0 aromatic rings. The van der Waals surface area contributed by atoms with Crippen LogP contribution >= 0.6 is 0 Å². The van der Waals surface area contributed by atoms with Crippen LogP contribution in [0.25, 0.3) is 0 Å². The molecule has 0 aliphatic heterocycles. The van der Waals surface area contributed by atoms with Gasteiger partial charge in [-0.25, -0.2) is 0 Å². The molecular formula is C18H50. The minimum atomic E-state index is 1.50. The maximum atomic E-state index is 2.00. The van der Waals surface area contributed by atoms with Crippen molar-refractivity contribution in [2.24, 2.45) is 0 Å². The van der Waals surface area contributed by atoms with Gasteiger partial charge in [0.1, 0.15) is 0 Å². The van der Waals surface area contributed by atoms with Gasteiger partial charge in [0.2, 0.25) is 0 Å². The molecule has 0 saturated heterocycles. The van der Waals surface area contributed by atoms with Crippen LogP contribution < -0.4 is 0 Å². The fourth-order valence-electron chi connectivity index (χ4n) is 0.250. The van der Waals surface area contributed by atoms with Crippen molar-refractivity contribution in [3.05, 3.63) is 0 Å². The van der Waals surface area contributed by atoms with E-state index < -0.39 is 0 Å². The van der Waals surface area contributed by atoms with Gasteiger partial charge < -0.3 is 0 Å². The maximum Gasteiger partial charge on any atom is -0.0533 e. The molecule has 1 aliphatic carbocycles. The molecule has 0 amide bonds. The topological polar surface area (TPSA) is 0 Å². The van der Waals surface area contributed by atoms with Crippen LogP contribution in [-0.4, -0.2) is 0 Å². The summed E-state index contributed by atoms with van der Waals surface area (Å²) >= 11 is 0. The molecule has 0 aromatic carbocycles. The smallest absolute Gasteiger partial charge is 0.0533 e. The van der Waals surface area contributed by atoms with E-state index in [1.54, 1.807) is 0 Å². The lowest BCUT2D eigenvalue weighted by atomic mass is 10.0. The van der Waals surface area contributed by atoms with Crippen molar-refractivity contribution in [2.45, 2.75) is 123 Å². The monoisotopic (exact) mass is 266 g/mol. The summed E-state index contributed by atoms with van der Waals surface area (Å²) < 4.78 is 0. The van der Waals surface area contributed by atoms with E-state index in [1.165, 1.54) is 25.7 Å². The summed E-state index contributed by atoms with van der Waals surface area (Å²) in [6.07, 6.45) is 6.00. The van der Waals surface area contributed by atoms with E-state index in [9.17, 15) is 0 Å². The van der Waals surface area contributed by atoms with Crippen molar-refractivity contribution in [3.63, 3.8) is 0 Å². The molecule has 0 aromatic heterocycles. The highest BCUT2D eigenvalue weighted by Crippen LogP contribution is 2.15. The summed E-state index contributed by atoms with van der Waals surface area (Å²) in [7, 11) is 0. The standard InChI is InChI=1S/C4H8.7C2H6/c1-2-4-3-1;7*1-2/h1-4H2;7*1-2H3. The molecule has 0 radical (unpaired) electrons. The van der Waals surface area contributed by atoms with Crippen LogP contribution in [-0.2, 0) is 0 Å². The van der Waals surface area contributed by atoms with Crippen molar-refractivity contribution in [1.82, 2.24) is 0 Å². The molecule has 0 unspecified atom stereocenters. The highest BCUT2D eigenvalue weighted by Gasteiger charge is 1.95. The third-order valence-electron chi connectivity index (χ3n) is 1.000. The molecular weight excluding hydrogens is 216 g/mol. The Labute approximate surface area is 123 Å². The molecule has 122 valence electrons. The zero-order valence-electron chi connectivity index (χ0n) is 16.8. The molecule has 1 fully saturated rings. The summed E-state index contributed by atoms with van der Waals surface area (Å²) in [4.78, 5) is 0. The zero-order valence-corrected chi connectivity index (χ0v) is 16.8. The Kier molecular flexibility index (Phi) is 650.